The second-order valence-electron chi connectivity index (χ2n) is 3.74. The molecule has 0 amide bonds. The van der Waals surface area contributed by atoms with Crippen molar-refractivity contribution in [2.75, 3.05) is 5.75 Å². The Morgan fingerprint density at radius 2 is 2.05 bits per heavy atom. The molecule has 0 fully saturated rings. The molecule has 19 heavy (non-hydrogen) atoms. The molecule has 0 aromatic heterocycles. The van der Waals surface area contributed by atoms with Gasteiger partial charge in [0.15, 0.2) is 5.12 Å². The number of rotatable bonds is 4. The molecule has 1 aromatic rings. The number of hydrogen-bond acceptors (Lipinski definition) is 2. The number of allylic oxidation sites excluding steroid dienone is 1. The van der Waals surface area contributed by atoms with E-state index in [1.807, 2.05) is 0 Å². The first-order chi connectivity index (χ1) is 8.82. The zero-order valence-corrected chi connectivity index (χ0v) is 10.9. The largest absolute Gasteiger partial charge is 0.419 e. The van der Waals surface area contributed by atoms with E-state index in [9.17, 15) is 22.4 Å². The SMILES string of the molecule is CC(=O)SCCC=Cc1cccc(C(F)(F)F)c1F. The number of thioether (sulfide) groups is 1. The summed E-state index contributed by atoms with van der Waals surface area (Å²) < 4.78 is 50.9. The third-order valence-corrected chi connectivity index (χ3v) is 3.07. The summed E-state index contributed by atoms with van der Waals surface area (Å²) >= 11 is 1.11. The van der Waals surface area contributed by atoms with Gasteiger partial charge in [-0.05, 0) is 12.5 Å². The maximum Gasteiger partial charge on any atom is 0.419 e. The monoisotopic (exact) mass is 292 g/mol. The molecule has 0 unspecified atom stereocenters. The van der Waals surface area contributed by atoms with Gasteiger partial charge >= 0.3 is 6.18 Å². The fourth-order valence-electron chi connectivity index (χ4n) is 1.38. The Morgan fingerprint density at radius 3 is 2.63 bits per heavy atom. The van der Waals surface area contributed by atoms with Crippen LogP contribution < -0.4 is 0 Å². The van der Waals surface area contributed by atoms with E-state index in [-0.39, 0.29) is 10.7 Å². The van der Waals surface area contributed by atoms with Gasteiger partial charge in [0.05, 0.1) is 5.56 Å². The van der Waals surface area contributed by atoms with E-state index in [0.29, 0.717) is 18.2 Å². The summed E-state index contributed by atoms with van der Waals surface area (Å²) in [7, 11) is 0. The zero-order chi connectivity index (χ0) is 14.5. The maximum absolute atomic E-state index is 13.6. The summed E-state index contributed by atoms with van der Waals surface area (Å²) in [5.74, 6) is -0.752. The van der Waals surface area contributed by atoms with Crippen LogP contribution >= 0.6 is 11.8 Å². The molecule has 0 heterocycles. The Morgan fingerprint density at radius 1 is 1.37 bits per heavy atom. The average Bonchev–Trinajstić information content (AvgIpc) is 2.28. The van der Waals surface area contributed by atoms with E-state index in [1.54, 1.807) is 6.08 Å². The minimum atomic E-state index is -4.70. The lowest BCUT2D eigenvalue weighted by atomic mass is 10.1. The van der Waals surface area contributed by atoms with Crippen molar-refractivity contribution < 1.29 is 22.4 Å². The topological polar surface area (TPSA) is 17.1 Å². The number of halogens is 4. The van der Waals surface area contributed by atoms with Crippen molar-refractivity contribution in [3.63, 3.8) is 0 Å². The highest BCUT2D eigenvalue weighted by Crippen LogP contribution is 2.32. The molecule has 0 aliphatic heterocycles. The quantitative estimate of drug-likeness (QED) is 0.599. The molecular weight excluding hydrogens is 280 g/mol. The van der Waals surface area contributed by atoms with Gasteiger partial charge in [-0.3, -0.25) is 4.79 Å². The number of carbonyl (C=O) groups excluding carboxylic acids is 1. The van der Waals surface area contributed by atoms with Gasteiger partial charge in [-0.25, -0.2) is 4.39 Å². The Balaban J connectivity index is 2.74. The molecule has 0 atom stereocenters. The molecule has 0 saturated heterocycles. The molecule has 0 bridgehead atoms. The highest BCUT2D eigenvalue weighted by atomic mass is 32.2. The predicted octanol–water partition coefficient (Wildman–Crippen LogP) is 4.53. The molecule has 0 N–H and O–H groups in total. The van der Waals surface area contributed by atoms with Crippen molar-refractivity contribution >= 4 is 23.0 Å². The lowest BCUT2D eigenvalue weighted by molar-refractivity contribution is -0.140. The van der Waals surface area contributed by atoms with E-state index in [4.69, 9.17) is 0 Å². The van der Waals surface area contributed by atoms with Crippen LogP contribution in [0.5, 0.6) is 0 Å². The highest BCUT2D eigenvalue weighted by molar-refractivity contribution is 8.13. The van der Waals surface area contributed by atoms with Crippen LogP contribution in [0.2, 0.25) is 0 Å². The van der Waals surface area contributed by atoms with Crippen molar-refractivity contribution in [2.45, 2.75) is 19.5 Å². The van der Waals surface area contributed by atoms with Gasteiger partial charge in [-0.15, -0.1) is 0 Å². The van der Waals surface area contributed by atoms with Crippen LogP contribution in [0.25, 0.3) is 6.08 Å². The molecule has 1 aromatic carbocycles. The molecular formula is C13H12F4OS. The normalized spacial score (nSPS) is 12.1. The third-order valence-electron chi connectivity index (χ3n) is 2.22. The van der Waals surface area contributed by atoms with Crippen molar-refractivity contribution in [3.05, 3.63) is 41.2 Å². The first-order valence-electron chi connectivity index (χ1n) is 5.48. The first-order valence-corrected chi connectivity index (χ1v) is 6.46. The smallest absolute Gasteiger partial charge is 0.288 e. The molecule has 104 valence electrons. The summed E-state index contributed by atoms with van der Waals surface area (Å²) in [5.41, 5.74) is -1.38. The molecule has 0 spiro atoms. The summed E-state index contributed by atoms with van der Waals surface area (Å²) in [6, 6.07) is 3.15. The molecule has 1 rings (SSSR count). The van der Waals surface area contributed by atoms with E-state index in [2.05, 4.69) is 0 Å². The van der Waals surface area contributed by atoms with E-state index >= 15 is 0 Å². The van der Waals surface area contributed by atoms with Gasteiger partial charge in [-0.1, -0.05) is 36.0 Å². The van der Waals surface area contributed by atoms with Crippen LogP contribution in [0.1, 0.15) is 24.5 Å². The summed E-state index contributed by atoms with van der Waals surface area (Å²) in [5, 5.41) is -0.0290. The lowest BCUT2D eigenvalue weighted by Crippen LogP contribution is -2.08. The second-order valence-corrected chi connectivity index (χ2v) is 5.01. The Bertz CT molecular complexity index is 480. The minimum Gasteiger partial charge on any atom is -0.288 e. The maximum atomic E-state index is 13.6. The van der Waals surface area contributed by atoms with Crippen LogP contribution in [0.15, 0.2) is 24.3 Å². The van der Waals surface area contributed by atoms with Crippen molar-refractivity contribution in [2.24, 2.45) is 0 Å². The van der Waals surface area contributed by atoms with Crippen LogP contribution in [0.3, 0.4) is 0 Å². The van der Waals surface area contributed by atoms with Crippen LogP contribution in [-0.4, -0.2) is 10.9 Å². The fourth-order valence-corrected chi connectivity index (χ4v) is 1.92. The lowest BCUT2D eigenvalue weighted by Gasteiger charge is -2.09. The van der Waals surface area contributed by atoms with Crippen molar-refractivity contribution in [1.82, 2.24) is 0 Å². The molecule has 6 heteroatoms. The summed E-state index contributed by atoms with van der Waals surface area (Å²) in [6.07, 6.45) is -1.36. The van der Waals surface area contributed by atoms with Crippen molar-refractivity contribution in [1.29, 1.82) is 0 Å². The Kier molecular flexibility index (Phi) is 5.60. The molecule has 1 nitrogen and oxygen atoms in total. The Hall–Kier alpha value is -1.30. The second kappa shape index (κ2) is 6.75. The number of carbonyl (C=O) groups is 1. The van der Waals surface area contributed by atoms with Gasteiger partial charge in [0.2, 0.25) is 0 Å². The van der Waals surface area contributed by atoms with Gasteiger partial charge < -0.3 is 0 Å². The first kappa shape index (κ1) is 15.8. The van der Waals surface area contributed by atoms with Crippen LogP contribution in [0, 0.1) is 5.82 Å². The van der Waals surface area contributed by atoms with E-state index < -0.39 is 17.6 Å². The fraction of sp³-hybridized carbons (Fsp3) is 0.308. The highest BCUT2D eigenvalue weighted by Gasteiger charge is 2.34. The third kappa shape index (κ3) is 5.06. The van der Waals surface area contributed by atoms with E-state index in [1.165, 1.54) is 19.1 Å². The van der Waals surface area contributed by atoms with Gasteiger partial charge in [-0.2, -0.15) is 13.2 Å². The molecule has 0 radical (unpaired) electrons. The summed E-state index contributed by atoms with van der Waals surface area (Å²) in [4.78, 5) is 10.6. The number of alkyl halides is 3. The zero-order valence-electron chi connectivity index (χ0n) is 10.1. The van der Waals surface area contributed by atoms with E-state index in [0.717, 1.165) is 17.8 Å². The number of hydrogen-bond donors (Lipinski definition) is 0. The van der Waals surface area contributed by atoms with Crippen LogP contribution in [0.4, 0.5) is 17.6 Å². The van der Waals surface area contributed by atoms with Crippen molar-refractivity contribution in [3.8, 4) is 0 Å². The average molecular weight is 292 g/mol. The standard InChI is InChI=1S/C13H12F4OS/c1-9(18)19-8-3-2-5-10-6-4-7-11(12(10)14)13(15,16)17/h2,4-7H,3,8H2,1H3. The van der Waals surface area contributed by atoms with Gasteiger partial charge in [0.25, 0.3) is 0 Å². The summed E-state index contributed by atoms with van der Waals surface area (Å²) in [6.45, 7) is 1.43. The Labute approximate surface area is 112 Å². The number of benzene rings is 1. The van der Waals surface area contributed by atoms with Crippen LogP contribution in [-0.2, 0) is 11.0 Å². The minimum absolute atomic E-state index is 0.0290. The molecule has 0 aliphatic carbocycles. The van der Waals surface area contributed by atoms with Gasteiger partial charge in [0, 0.05) is 18.2 Å². The van der Waals surface area contributed by atoms with Gasteiger partial charge in [0.1, 0.15) is 5.82 Å². The predicted molar refractivity (Wildman–Crippen MR) is 68.2 cm³/mol. The molecule has 0 aliphatic rings. The molecule has 0 saturated carbocycles.